The molecule has 0 aromatic rings. The van der Waals surface area contributed by atoms with Gasteiger partial charge in [-0.1, -0.05) is 37.6 Å². The Bertz CT molecular complexity index is 291. The molecule has 2 nitrogen and oxygen atoms in total. The van der Waals surface area contributed by atoms with Crippen molar-refractivity contribution >= 4 is 0 Å². The van der Waals surface area contributed by atoms with E-state index in [1.807, 2.05) is 6.08 Å². The Kier molecular flexibility index (Phi) is 5.41. The fourth-order valence-electron chi connectivity index (χ4n) is 2.66. The zero-order chi connectivity index (χ0) is 13.0. The highest BCUT2D eigenvalue weighted by Crippen LogP contribution is 2.29. The van der Waals surface area contributed by atoms with Gasteiger partial charge in [0.2, 0.25) is 0 Å². The lowest BCUT2D eigenvalue weighted by molar-refractivity contribution is 0.0737. The van der Waals surface area contributed by atoms with E-state index < -0.39 is 6.10 Å². The van der Waals surface area contributed by atoms with Crippen molar-refractivity contribution in [1.29, 1.82) is 0 Å². The predicted molar refractivity (Wildman–Crippen MR) is 71.7 cm³/mol. The lowest BCUT2D eigenvalue weighted by Gasteiger charge is -2.28. The Balaban J connectivity index is 2.82. The molecule has 3 atom stereocenters. The zero-order valence-corrected chi connectivity index (χ0v) is 11.3. The van der Waals surface area contributed by atoms with E-state index in [1.54, 1.807) is 0 Å². The summed E-state index contributed by atoms with van der Waals surface area (Å²) in [6.07, 6.45) is 4.31. The first-order valence-electron chi connectivity index (χ1n) is 6.60. The Morgan fingerprint density at radius 3 is 2.53 bits per heavy atom. The molecule has 2 heteroatoms. The third kappa shape index (κ3) is 4.64. The zero-order valence-electron chi connectivity index (χ0n) is 11.3. The fraction of sp³-hybridized carbons (Fsp3) is 0.733. The minimum Gasteiger partial charge on any atom is -0.392 e. The predicted octanol–water partition coefficient (Wildman–Crippen LogP) is 3.06. The molecule has 2 N–H and O–H groups in total. The van der Waals surface area contributed by atoms with Crippen molar-refractivity contribution in [3.05, 3.63) is 23.8 Å². The number of hydrogen-bond acceptors (Lipinski definition) is 2. The molecule has 0 amide bonds. The molecule has 1 aliphatic rings. The van der Waals surface area contributed by atoms with E-state index in [0.717, 1.165) is 18.4 Å². The van der Waals surface area contributed by atoms with Crippen LogP contribution in [0.1, 0.15) is 46.5 Å². The molecule has 0 bridgehead atoms. The van der Waals surface area contributed by atoms with Crippen LogP contribution in [0.25, 0.3) is 0 Å². The molecule has 0 aromatic carbocycles. The largest absolute Gasteiger partial charge is 0.392 e. The van der Waals surface area contributed by atoms with Gasteiger partial charge in [-0.3, -0.25) is 0 Å². The highest BCUT2D eigenvalue weighted by Gasteiger charge is 2.24. The van der Waals surface area contributed by atoms with Crippen LogP contribution < -0.4 is 0 Å². The van der Waals surface area contributed by atoms with Crippen molar-refractivity contribution in [3.63, 3.8) is 0 Å². The number of aliphatic hydroxyl groups is 2. The molecule has 98 valence electrons. The van der Waals surface area contributed by atoms with Crippen LogP contribution in [0.3, 0.4) is 0 Å². The van der Waals surface area contributed by atoms with E-state index in [4.69, 9.17) is 0 Å². The second kappa shape index (κ2) is 6.36. The van der Waals surface area contributed by atoms with Crippen LogP contribution in [0.5, 0.6) is 0 Å². The average molecular weight is 238 g/mol. The number of rotatable bonds is 1. The lowest BCUT2D eigenvalue weighted by atomic mass is 9.81. The van der Waals surface area contributed by atoms with Gasteiger partial charge in [-0.25, -0.2) is 0 Å². The third-order valence-electron chi connectivity index (χ3n) is 3.70. The second-order valence-electron chi connectivity index (χ2n) is 5.75. The van der Waals surface area contributed by atoms with Gasteiger partial charge >= 0.3 is 0 Å². The van der Waals surface area contributed by atoms with Crippen molar-refractivity contribution < 1.29 is 10.2 Å². The fourth-order valence-corrected chi connectivity index (χ4v) is 2.66. The topological polar surface area (TPSA) is 40.5 Å². The molecule has 1 rings (SSSR count). The number of allylic oxidation sites excluding steroid dienone is 1. The van der Waals surface area contributed by atoms with E-state index in [9.17, 15) is 10.2 Å². The van der Waals surface area contributed by atoms with Gasteiger partial charge in [-0.15, -0.1) is 0 Å². The van der Waals surface area contributed by atoms with E-state index in [1.165, 1.54) is 5.57 Å². The summed E-state index contributed by atoms with van der Waals surface area (Å²) in [6, 6.07) is 0. The molecule has 0 saturated carbocycles. The maximum Gasteiger partial charge on any atom is 0.0760 e. The molecule has 0 spiro atoms. The summed E-state index contributed by atoms with van der Waals surface area (Å²) < 4.78 is 0. The van der Waals surface area contributed by atoms with Gasteiger partial charge in [0.05, 0.1) is 12.2 Å². The van der Waals surface area contributed by atoms with Crippen LogP contribution in [0, 0.1) is 11.8 Å². The molecular formula is C15H26O2. The molecular weight excluding hydrogens is 212 g/mol. The molecule has 0 unspecified atom stereocenters. The minimum absolute atomic E-state index is 0.319. The molecule has 0 radical (unpaired) electrons. The summed E-state index contributed by atoms with van der Waals surface area (Å²) in [6.45, 7) is 10.3. The molecule has 17 heavy (non-hydrogen) atoms. The molecule has 0 aromatic heterocycles. The van der Waals surface area contributed by atoms with Crippen molar-refractivity contribution in [1.82, 2.24) is 0 Å². The SMILES string of the molecule is C=C1C[C@@H](O)/C=C(\C)CC[C@@H](C(C)C)[C@@H](O)C1. The van der Waals surface area contributed by atoms with Gasteiger partial charge in [0, 0.05) is 0 Å². The summed E-state index contributed by atoms with van der Waals surface area (Å²) in [5.74, 6) is 0.806. The van der Waals surface area contributed by atoms with E-state index >= 15 is 0 Å². The molecule has 0 heterocycles. The first-order valence-corrected chi connectivity index (χ1v) is 6.60. The van der Waals surface area contributed by atoms with Crippen LogP contribution in [0.4, 0.5) is 0 Å². The first kappa shape index (κ1) is 14.5. The van der Waals surface area contributed by atoms with Crippen LogP contribution in [-0.2, 0) is 0 Å². The third-order valence-corrected chi connectivity index (χ3v) is 3.70. The van der Waals surface area contributed by atoms with E-state index in [0.29, 0.717) is 24.7 Å². The molecule has 1 aliphatic carbocycles. The van der Waals surface area contributed by atoms with Crippen LogP contribution in [-0.4, -0.2) is 22.4 Å². The van der Waals surface area contributed by atoms with Crippen LogP contribution in [0.2, 0.25) is 0 Å². The summed E-state index contributed by atoms with van der Waals surface area (Å²) in [4.78, 5) is 0. The van der Waals surface area contributed by atoms with Crippen molar-refractivity contribution in [2.75, 3.05) is 0 Å². The van der Waals surface area contributed by atoms with Crippen LogP contribution in [0.15, 0.2) is 23.8 Å². The summed E-state index contributed by atoms with van der Waals surface area (Å²) in [7, 11) is 0. The lowest BCUT2D eigenvalue weighted by Crippen LogP contribution is -2.27. The molecule has 0 saturated heterocycles. The highest BCUT2D eigenvalue weighted by molar-refractivity contribution is 5.09. The van der Waals surface area contributed by atoms with Crippen molar-refractivity contribution in [2.24, 2.45) is 11.8 Å². The molecule has 0 aliphatic heterocycles. The Labute approximate surface area is 105 Å². The van der Waals surface area contributed by atoms with Crippen molar-refractivity contribution in [3.8, 4) is 0 Å². The van der Waals surface area contributed by atoms with Gasteiger partial charge in [0.1, 0.15) is 0 Å². The minimum atomic E-state index is -0.440. The second-order valence-corrected chi connectivity index (χ2v) is 5.75. The maximum atomic E-state index is 10.2. The Hall–Kier alpha value is -0.600. The smallest absolute Gasteiger partial charge is 0.0760 e. The quantitative estimate of drug-likeness (QED) is 0.689. The standard InChI is InChI=1S/C15H26O2/c1-10(2)14-6-5-11(3)7-13(16)8-12(4)9-15(14)17/h7,10,13-17H,4-6,8-9H2,1-3H3/b11-7+/t13-,14-,15-/m0/s1. The van der Waals surface area contributed by atoms with Gasteiger partial charge in [-0.2, -0.15) is 0 Å². The first-order chi connectivity index (χ1) is 7.90. The van der Waals surface area contributed by atoms with Gasteiger partial charge in [0.15, 0.2) is 0 Å². The number of aliphatic hydroxyl groups excluding tert-OH is 2. The van der Waals surface area contributed by atoms with Gasteiger partial charge in [-0.05, 0) is 44.4 Å². The summed E-state index contributed by atoms with van der Waals surface area (Å²) in [5, 5.41) is 20.1. The highest BCUT2D eigenvalue weighted by atomic mass is 16.3. The normalized spacial score (nSPS) is 35.5. The van der Waals surface area contributed by atoms with Crippen molar-refractivity contribution in [2.45, 2.75) is 58.7 Å². The van der Waals surface area contributed by atoms with Gasteiger partial charge < -0.3 is 10.2 Å². The summed E-state index contributed by atoms with van der Waals surface area (Å²) in [5.41, 5.74) is 2.16. The Morgan fingerprint density at radius 1 is 1.29 bits per heavy atom. The average Bonchev–Trinajstić information content (AvgIpc) is 2.14. The number of hydrogen-bond donors (Lipinski definition) is 2. The Morgan fingerprint density at radius 2 is 1.94 bits per heavy atom. The monoisotopic (exact) mass is 238 g/mol. The van der Waals surface area contributed by atoms with Gasteiger partial charge in [0.25, 0.3) is 0 Å². The summed E-state index contributed by atoms with van der Waals surface area (Å²) >= 11 is 0. The van der Waals surface area contributed by atoms with E-state index in [2.05, 4.69) is 27.4 Å². The van der Waals surface area contributed by atoms with E-state index in [-0.39, 0.29) is 6.10 Å². The van der Waals surface area contributed by atoms with Crippen LogP contribution >= 0.6 is 0 Å². The maximum absolute atomic E-state index is 10.2. The molecule has 0 fully saturated rings.